The first-order valence-corrected chi connectivity index (χ1v) is 6.92. The van der Waals surface area contributed by atoms with Gasteiger partial charge < -0.3 is 4.52 Å². The molecule has 0 saturated carbocycles. The largest absolute Gasteiger partial charge is 0.339 e. The van der Waals surface area contributed by atoms with Crippen LogP contribution >= 0.6 is 0 Å². The van der Waals surface area contributed by atoms with Crippen LogP contribution in [-0.2, 0) is 16.3 Å². The third-order valence-corrected chi connectivity index (χ3v) is 3.40. The van der Waals surface area contributed by atoms with Crippen molar-refractivity contribution in [2.24, 2.45) is 0 Å². The predicted octanol–water partition coefficient (Wildman–Crippen LogP) is 1.37. The van der Waals surface area contributed by atoms with Gasteiger partial charge in [0.2, 0.25) is 5.89 Å². The van der Waals surface area contributed by atoms with Gasteiger partial charge in [-0.15, -0.1) is 0 Å². The topological polar surface area (TPSA) is 73.1 Å². The van der Waals surface area contributed by atoms with Crippen molar-refractivity contribution in [2.45, 2.75) is 18.2 Å². The molecule has 0 fully saturated rings. The Morgan fingerprint density at radius 2 is 1.88 bits per heavy atom. The SMILES string of the molecule is Cc1noc(Cc2ccc(S(C)(=O)=O)cc2)n1. The molecule has 0 aliphatic rings. The smallest absolute Gasteiger partial charge is 0.231 e. The first kappa shape index (κ1) is 11.8. The van der Waals surface area contributed by atoms with Gasteiger partial charge in [0.1, 0.15) is 0 Å². The Hall–Kier alpha value is -1.69. The van der Waals surface area contributed by atoms with E-state index >= 15 is 0 Å². The van der Waals surface area contributed by atoms with Crippen molar-refractivity contribution in [3.63, 3.8) is 0 Å². The van der Waals surface area contributed by atoms with Gasteiger partial charge in [0, 0.05) is 6.26 Å². The second-order valence-electron chi connectivity index (χ2n) is 3.83. The lowest BCUT2D eigenvalue weighted by Crippen LogP contribution is -1.97. The Morgan fingerprint density at radius 1 is 1.24 bits per heavy atom. The highest BCUT2D eigenvalue weighted by atomic mass is 32.2. The van der Waals surface area contributed by atoms with Crippen LogP contribution < -0.4 is 0 Å². The first-order valence-electron chi connectivity index (χ1n) is 5.03. The van der Waals surface area contributed by atoms with Crippen molar-refractivity contribution < 1.29 is 12.9 Å². The predicted molar refractivity (Wildman–Crippen MR) is 61.4 cm³/mol. The third-order valence-electron chi connectivity index (χ3n) is 2.28. The number of rotatable bonds is 3. The fourth-order valence-corrected chi connectivity index (χ4v) is 2.07. The summed E-state index contributed by atoms with van der Waals surface area (Å²) >= 11 is 0. The van der Waals surface area contributed by atoms with Crippen molar-refractivity contribution in [2.75, 3.05) is 6.26 Å². The first-order chi connectivity index (χ1) is 7.95. The molecule has 0 saturated heterocycles. The zero-order valence-corrected chi connectivity index (χ0v) is 10.4. The highest BCUT2D eigenvalue weighted by molar-refractivity contribution is 7.90. The summed E-state index contributed by atoms with van der Waals surface area (Å²) in [4.78, 5) is 4.39. The van der Waals surface area contributed by atoms with Crippen molar-refractivity contribution in [1.29, 1.82) is 0 Å². The lowest BCUT2D eigenvalue weighted by Gasteiger charge is -2.00. The Kier molecular flexibility index (Phi) is 2.97. The minimum Gasteiger partial charge on any atom is -0.339 e. The summed E-state index contributed by atoms with van der Waals surface area (Å²) in [6.07, 6.45) is 1.69. The monoisotopic (exact) mass is 252 g/mol. The second kappa shape index (κ2) is 4.29. The van der Waals surface area contributed by atoms with Crippen LogP contribution in [0, 0.1) is 6.92 Å². The lowest BCUT2D eigenvalue weighted by atomic mass is 10.1. The number of aryl methyl sites for hydroxylation is 1. The quantitative estimate of drug-likeness (QED) is 0.825. The average Bonchev–Trinajstić information content (AvgIpc) is 2.63. The van der Waals surface area contributed by atoms with Gasteiger partial charge in [0.25, 0.3) is 0 Å². The molecule has 0 aliphatic heterocycles. The van der Waals surface area contributed by atoms with Crippen LogP contribution in [0.25, 0.3) is 0 Å². The van der Waals surface area contributed by atoms with Crippen molar-refractivity contribution in [3.05, 3.63) is 41.5 Å². The molecule has 5 nitrogen and oxygen atoms in total. The van der Waals surface area contributed by atoms with E-state index in [1.807, 2.05) is 0 Å². The average molecular weight is 252 g/mol. The van der Waals surface area contributed by atoms with Gasteiger partial charge in [-0.25, -0.2) is 8.42 Å². The molecule has 0 N–H and O–H groups in total. The van der Waals surface area contributed by atoms with Crippen LogP contribution in [0.1, 0.15) is 17.3 Å². The van der Waals surface area contributed by atoms with Gasteiger partial charge in [-0.1, -0.05) is 17.3 Å². The highest BCUT2D eigenvalue weighted by Gasteiger charge is 2.08. The summed E-state index contributed by atoms with van der Waals surface area (Å²) in [5, 5.41) is 3.69. The Bertz CT molecular complexity index is 614. The third kappa shape index (κ3) is 2.91. The maximum absolute atomic E-state index is 11.3. The van der Waals surface area contributed by atoms with Gasteiger partial charge in [0.05, 0.1) is 11.3 Å². The number of aromatic nitrogens is 2. The Balaban J connectivity index is 2.19. The van der Waals surface area contributed by atoms with E-state index in [1.165, 1.54) is 6.26 Å². The van der Waals surface area contributed by atoms with Gasteiger partial charge in [0.15, 0.2) is 15.7 Å². The van der Waals surface area contributed by atoms with Crippen molar-refractivity contribution >= 4 is 9.84 Å². The summed E-state index contributed by atoms with van der Waals surface area (Å²) in [7, 11) is -3.14. The molecule has 17 heavy (non-hydrogen) atoms. The van der Waals surface area contributed by atoms with Crippen LogP contribution in [0.4, 0.5) is 0 Å². The summed E-state index contributed by atoms with van der Waals surface area (Å²) in [6, 6.07) is 6.65. The zero-order valence-electron chi connectivity index (χ0n) is 9.54. The fraction of sp³-hybridized carbons (Fsp3) is 0.273. The van der Waals surface area contributed by atoms with E-state index in [9.17, 15) is 8.42 Å². The number of nitrogens with zero attached hydrogens (tertiary/aromatic N) is 2. The summed E-state index contributed by atoms with van der Waals surface area (Å²) in [5.74, 6) is 1.11. The van der Waals surface area contributed by atoms with Crippen LogP contribution in [0.3, 0.4) is 0 Å². The molecule has 0 bridgehead atoms. The molecule has 0 amide bonds. The number of hydrogen-bond donors (Lipinski definition) is 0. The molecule has 0 atom stereocenters. The number of hydrogen-bond acceptors (Lipinski definition) is 5. The Labute approximate surface area is 99.4 Å². The number of benzene rings is 1. The van der Waals surface area contributed by atoms with E-state index in [0.29, 0.717) is 23.0 Å². The van der Waals surface area contributed by atoms with Gasteiger partial charge in [-0.3, -0.25) is 0 Å². The minimum absolute atomic E-state index is 0.308. The second-order valence-corrected chi connectivity index (χ2v) is 5.84. The summed E-state index contributed by atoms with van der Waals surface area (Å²) < 4.78 is 27.5. The van der Waals surface area contributed by atoms with Gasteiger partial charge in [-0.2, -0.15) is 4.98 Å². The molecule has 2 rings (SSSR count). The standard InChI is InChI=1S/C11H12N2O3S/c1-8-12-11(16-13-8)7-9-3-5-10(6-4-9)17(2,14)15/h3-6H,7H2,1-2H3. The number of sulfone groups is 1. The van der Waals surface area contributed by atoms with Crippen LogP contribution in [0.15, 0.2) is 33.7 Å². The highest BCUT2D eigenvalue weighted by Crippen LogP contribution is 2.13. The van der Waals surface area contributed by atoms with E-state index in [4.69, 9.17) is 4.52 Å². The van der Waals surface area contributed by atoms with Gasteiger partial charge in [-0.05, 0) is 24.6 Å². The van der Waals surface area contributed by atoms with E-state index in [2.05, 4.69) is 10.1 Å². The Morgan fingerprint density at radius 3 is 2.35 bits per heavy atom. The molecule has 1 aromatic heterocycles. The summed E-state index contributed by atoms with van der Waals surface area (Å²) in [6.45, 7) is 1.75. The molecule has 6 heteroatoms. The van der Waals surface area contributed by atoms with E-state index < -0.39 is 9.84 Å². The van der Waals surface area contributed by atoms with Crippen molar-refractivity contribution in [3.8, 4) is 0 Å². The molecule has 1 heterocycles. The molecule has 0 aliphatic carbocycles. The van der Waals surface area contributed by atoms with E-state index in [1.54, 1.807) is 31.2 Å². The minimum atomic E-state index is -3.14. The van der Waals surface area contributed by atoms with Crippen LogP contribution in [0.2, 0.25) is 0 Å². The molecule has 0 radical (unpaired) electrons. The normalized spacial score (nSPS) is 11.6. The molecule has 0 spiro atoms. The molecule has 2 aromatic rings. The van der Waals surface area contributed by atoms with Crippen LogP contribution in [0.5, 0.6) is 0 Å². The summed E-state index contributed by atoms with van der Waals surface area (Å²) in [5.41, 5.74) is 0.932. The molecule has 0 unspecified atom stereocenters. The molecular weight excluding hydrogens is 240 g/mol. The molecule has 1 aromatic carbocycles. The lowest BCUT2D eigenvalue weighted by molar-refractivity contribution is 0.381. The van der Waals surface area contributed by atoms with Crippen molar-refractivity contribution in [1.82, 2.24) is 10.1 Å². The molecule has 90 valence electrons. The fourth-order valence-electron chi connectivity index (χ4n) is 1.44. The molecular formula is C11H12N2O3S. The van der Waals surface area contributed by atoms with E-state index in [-0.39, 0.29) is 0 Å². The maximum atomic E-state index is 11.3. The van der Waals surface area contributed by atoms with Crippen LogP contribution in [-0.4, -0.2) is 24.8 Å². The van der Waals surface area contributed by atoms with E-state index in [0.717, 1.165) is 5.56 Å². The maximum Gasteiger partial charge on any atom is 0.231 e. The van der Waals surface area contributed by atoms with Gasteiger partial charge >= 0.3 is 0 Å². The zero-order chi connectivity index (χ0) is 12.5.